The molecule has 1 aliphatic rings. The van der Waals surface area contributed by atoms with Crippen LogP contribution < -0.4 is 0 Å². The van der Waals surface area contributed by atoms with Gasteiger partial charge < -0.3 is 0 Å². The Bertz CT molecular complexity index is 398. The molecule has 106 valence electrons. The Hall–Kier alpha value is -0.530. The van der Waals surface area contributed by atoms with Crippen molar-refractivity contribution in [2.45, 2.75) is 59.0 Å². The molecule has 0 spiro atoms. The van der Waals surface area contributed by atoms with Crippen LogP contribution in [-0.4, -0.2) is 23.4 Å². The zero-order chi connectivity index (χ0) is 13.8. The van der Waals surface area contributed by atoms with Crippen molar-refractivity contribution in [1.82, 2.24) is 4.90 Å². The highest BCUT2D eigenvalue weighted by Crippen LogP contribution is 2.27. The van der Waals surface area contributed by atoms with Gasteiger partial charge in [-0.3, -0.25) is 4.90 Å². The van der Waals surface area contributed by atoms with E-state index in [-0.39, 0.29) is 0 Å². The Balaban J connectivity index is 2.16. The second-order valence-corrected chi connectivity index (χ2v) is 6.35. The van der Waals surface area contributed by atoms with Gasteiger partial charge in [0.05, 0.1) is 0 Å². The van der Waals surface area contributed by atoms with Gasteiger partial charge >= 0.3 is 0 Å². The summed E-state index contributed by atoms with van der Waals surface area (Å²) < 4.78 is 0. The Morgan fingerprint density at radius 2 is 1.68 bits per heavy atom. The molecule has 0 atom stereocenters. The zero-order valence-electron chi connectivity index (χ0n) is 12.5. The lowest BCUT2D eigenvalue weighted by Gasteiger charge is -2.29. The number of halogens is 1. The van der Waals surface area contributed by atoms with E-state index in [0.29, 0.717) is 0 Å². The molecular weight excluding hydrogens is 254 g/mol. The zero-order valence-corrected chi connectivity index (χ0v) is 13.3. The molecule has 1 aromatic rings. The highest BCUT2D eigenvalue weighted by molar-refractivity contribution is 6.18. The minimum Gasteiger partial charge on any atom is -0.295 e. The number of rotatable bonds is 5. The molecule has 1 nitrogen and oxygen atoms in total. The normalized spacial score (nSPS) is 16.5. The summed E-state index contributed by atoms with van der Waals surface area (Å²) >= 11 is 6.00. The molecule has 1 fully saturated rings. The van der Waals surface area contributed by atoms with Gasteiger partial charge in [-0.25, -0.2) is 0 Å². The average molecular weight is 280 g/mol. The largest absolute Gasteiger partial charge is 0.295 e. The van der Waals surface area contributed by atoms with E-state index < -0.39 is 0 Å². The molecule has 0 saturated heterocycles. The monoisotopic (exact) mass is 279 g/mol. The quantitative estimate of drug-likeness (QED) is 0.712. The van der Waals surface area contributed by atoms with Crippen LogP contribution in [0.4, 0.5) is 0 Å². The van der Waals surface area contributed by atoms with E-state index in [4.69, 9.17) is 11.6 Å². The van der Waals surface area contributed by atoms with E-state index in [9.17, 15) is 0 Å². The standard InChI is InChI=1S/C17H26ClN/c1-13-10-14(2)17(15(3)11-13)12-19(9-8-18)16-6-4-5-7-16/h10-11,16H,4-9,12H2,1-3H3. The second-order valence-electron chi connectivity index (χ2n) is 5.98. The van der Waals surface area contributed by atoms with Crippen molar-refractivity contribution in [3.63, 3.8) is 0 Å². The maximum absolute atomic E-state index is 6.00. The molecule has 1 aromatic carbocycles. The topological polar surface area (TPSA) is 3.24 Å². The molecule has 0 heterocycles. The Kier molecular flexibility index (Phi) is 5.29. The van der Waals surface area contributed by atoms with E-state index in [1.54, 1.807) is 0 Å². The van der Waals surface area contributed by atoms with Crippen molar-refractivity contribution in [1.29, 1.82) is 0 Å². The Morgan fingerprint density at radius 3 is 2.21 bits per heavy atom. The summed E-state index contributed by atoms with van der Waals surface area (Å²) in [6.07, 6.45) is 5.46. The van der Waals surface area contributed by atoms with E-state index >= 15 is 0 Å². The summed E-state index contributed by atoms with van der Waals surface area (Å²) in [4.78, 5) is 2.60. The van der Waals surface area contributed by atoms with Gasteiger partial charge in [0.25, 0.3) is 0 Å². The molecule has 0 radical (unpaired) electrons. The first kappa shape index (κ1) is 14.9. The van der Waals surface area contributed by atoms with E-state index in [1.165, 1.54) is 47.9 Å². The first-order chi connectivity index (χ1) is 9.11. The third-order valence-corrected chi connectivity index (χ3v) is 4.58. The second kappa shape index (κ2) is 6.76. The fourth-order valence-electron chi connectivity index (χ4n) is 3.43. The predicted molar refractivity (Wildman–Crippen MR) is 84.0 cm³/mol. The van der Waals surface area contributed by atoms with Crippen LogP contribution in [0.3, 0.4) is 0 Å². The van der Waals surface area contributed by atoms with Crippen molar-refractivity contribution in [3.05, 3.63) is 34.4 Å². The molecule has 2 rings (SSSR count). The lowest BCUT2D eigenvalue weighted by atomic mass is 9.98. The van der Waals surface area contributed by atoms with Crippen LogP contribution in [-0.2, 0) is 6.54 Å². The third kappa shape index (κ3) is 3.73. The highest BCUT2D eigenvalue weighted by Gasteiger charge is 2.23. The SMILES string of the molecule is Cc1cc(C)c(CN(CCCl)C2CCCC2)c(C)c1. The number of alkyl halides is 1. The van der Waals surface area contributed by atoms with Gasteiger partial charge in [0, 0.05) is 25.0 Å². The van der Waals surface area contributed by atoms with Crippen LogP contribution in [0, 0.1) is 20.8 Å². The molecular formula is C17H26ClN. The molecule has 2 heteroatoms. The van der Waals surface area contributed by atoms with Gasteiger partial charge in [-0.15, -0.1) is 11.6 Å². The van der Waals surface area contributed by atoms with Crippen molar-refractivity contribution >= 4 is 11.6 Å². The van der Waals surface area contributed by atoms with Gasteiger partial charge in [0.2, 0.25) is 0 Å². The molecule has 0 bridgehead atoms. The van der Waals surface area contributed by atoms with Gasteiger partial charge in [-0.1, -0.05) is 30.5 Å². The Morgan fingerprint density at radius 1 is 1.11 bits per heavy atom. The van der Waals surface area contributed by atoms with Gasteiger partial charge in [-0.05, 0) is 50.3 Å². The number of benzene rings is 1. The van der Waals surface area contributed by atoms with Crippen molar-refractivity contribution in [2.24, 2.45) is 0 Å². The Labute approximate surface area is 123 Å². The summed E-state index contributed by atoms with van der Waals surface area (Å²) in [5, 5.41) is 0. The van der Waals surface area contributed by atoms with E-state index in [2.05, 4.69) is 37.8 Å². The molecule has 0 amide bonds. The summed E-state index contributed by atoms with van der Waals surface area (Å²) in [5.74, 6) is 0.737. The smallest absolute Gasteiger partial charge is 0.0351 e. The first-order valence-corrected chi connectivity index (χ1v) is 8.02. The molecule has 1 saturated carbocycles. The average Bonchev–Trinajstić information content (AvgIpc) is 2.85. The minimum atomic E-state index is 0.737. The van der Waals surface area contributed by atoms with Gasteiger partial charge in [-0.2, -0.15) is 0 Å². The molecule has 0 aliphatic heterocycles. The van der Waals surface area contributed by atoms with Crippen molar-refractivity contribution in [2.75, 3.05) is 12.4 Å². The maximum atomic E-state index is 6.00. The van der Waals surface area contributed by atoms with Gasteiger partial charge in [0.1, 0.15) is 0 Å². The number of hydrogen-bond donors (Lipinski definition) is 0. The van der Waals surface area contributed by atoms with Crippen molar-refractivity contribution in [3.8, 4) is 0 Å². The number of hydrogen-bond acceptors (Lipinski definition) is 1. The van der Waals surface area contributed by atoms with Crippen LogP contribution >= 0.6 is 11.6 Å². The fourth-order valence-corrected chi connectivity index (χ4v) is 3.65. The highest BCUT2D eigenvalue weighted by atomic mass is 35.5. The molecule has 0 N–H and O–H groups in total. The van der Waals surface area contributed by atoms with E-state index in [0.717, 1.165) is 25.0 Å². The molecule has 19 heavy (non-hydrogen) atoms. The lowest BCUT2D eigenvalue weighted by Crippen LogP contribution is -2.34. The lowest BCUT2D eigenvalue weighted by molar-refractivity contribution is 0.201. The van der Waals surface area contributed by atoms with Crippen LogP contribution in [0.5, 0.6) is 0 Å². The van der Waals surface area contributed by atoms with E-state index in [1.807, 2.05) is 0 Å². The fraction of sp³-hybridized carbons (Fsp3) is 0.647. The molecule has 0 unspecified atom stereocenters. The summed E-state index contributed by atoms with van der Waals surface area (Å²) in [7, 11) is 0. The maximum Gasteiger partial charge on any atom is 0.0351 e. The summed E-state index contributed by atoms with van der Waals surface area (Å²) in [5.41, 5.74) is 5.72. The summed E-state index contributed by atoms with van der Waals surface area (Å²) in [6.45, 7) is 8.73. The van der Waals surface area contributed by atoms with Crippen LogP contribution in [0.2, 0.25) is 0 Å². The number of nitrogens with zero attached hydrogens (tertiary/aromatic N) is 1. The number of aryl methyl sites for hydroxylation is 3. The van der Waals surface area contributed by atoms with Crippen LogP contribution in [0.1, 0.15) is 47.9 Å². The molecule has 1 aliphatic carbocycles. The molecule has 0 aromatic heterocycles. The van der Waals surface area contributed by atoms with Crippen LogP contribution in [0.15, 0.2) is 12.1 Å². The minimum absolute atomic E-state index is 0.737. The van der Waals surface area contributed by atoms with Gasteiger partial charge in [0.15, 0.2) is 0 Å². The van der Waals surface area contributed by atoms with Crippen LogP contribution in [0.25, 0.3) is 0 Å². The summed E-state index contributed by atoms with van der Waals surface area (Å²) in [6, 6.07) is 5.35. The third-order valence-electron chi connectivity index (χ3n) is 4.41. The predicted octanol–water partition coefficient (Wildman–Crippen LogP) is 4.60. The van der Waals surface area contributed by atoms with Crippen molar-refractivity contribution < 1.29 is 0 Å². The first-order valence-electron chi connectivity index (χ1n) is 7.48.